The van der Waals surface area contributed by atoms with Gasteiger partial charge in [0.15, 0.2) is 0 Å². The first-order valence-corrected chi connectivity index (χ1v) is 7.07. The quantitative estimate of drug-likeness (QED) is 0.280. The molecule has 0 aliphatic rings. The summed E-state index contributed by atoms with van der Waals surface area (Å²) in [5.74, 6) is -0.228. The molecule has 0 aromatic heterocycles. The van der Waals surface area contributed by atoms with E-state index in [2.05, 4.69) is 35.9 Å². The van der Waals surface area contributed by atoms with E-state index in [0.29, 0.717) is 6.42 Å². The Morgan fingerprint density at radius 3 is 2.47 bits per heavy atom. The molecule has 0 heterocycles. The lowest BCUT2D eigenvalue weighted by molar-refractivity contribution is -0.136. The summed E-state index contributed by atoms with van der Waals surface area (Å²) in [6.07, 6.45) is 10.1. The SMILES string of the molecule is CC/C=C/C/C(C(=O)OC)=C(\Br)CCCCC. The highest BCUT2D eigenvalue weighted by Crippen LogP contribution is 2.23. The first kappa shape index (κ1) is 16.4. The number of carbonyl (C=O) groups excluding carboxylic acids is 1. The van der Waals surface area contributed by atoms with Crippen LogP contribution in [0, 0.1) is 0 Å². The zero-order chi connectivity index (χ0) is 13.1. The molecule has 0 N–H and O–H groups in total. The van der Waals surface area contributed by atoms with Gasteiger partial charge in [0.25, 0.3) is 0 Å². The molecule has 0 rings (SSSR count). The molecule has 3 heteroatoms. The van der Waals surface area contributed by atoms with Crippen molar-refractivity contribution in [1.29, 1.82) is 0 Å². The molecule has 0 aliphatic carbocycles. The number of hydrogen-bond acceptors (Lipinski definition) is 2. The van der Waals surface area contributed by atoms with Crippen molar-refractivity contribution >= 4 is 21.9 Å². The van der Waals surface area contributed by atoms with Crippen molar-refractivity contribution in [2.75, 3.05) is 7.11 Å². The van der Waals surface area contributed by atoms with Gasteiger partial charge in [-0.1, -0.05) is 54.8 Å². The Kier molecular flexibility index (Phi) is 10.2. The number of allylic oxidation sites excluding steroid dienone is 3. The van der Waals surface area contributed by atoms with Crippen LogP contribution < -0.4 is 0 Å². The topological polar surface area (TPSA) is 26.3 Å². The summed E-state index contributed by atoms with van der Waals surface area (Å²) in [6, 6.07) is 0. The van der Waals surface area contributed by atoms with E-state index in [-0.39, 0.29) is 5.97 Å². The Morgan fingerprint density at radius 2 is 1.94 bits per heavy atom. The standard InChI is InChI=1S/C14H23BrO2/c1-4-6-8-10-12(14(16)17-3)13(15)11-9-7-5-2/h6,8H,4-5,7,9-11H2,1-3H3/b8-6+,13-12+. The summed E-state index contributed by atoms with van der Waals surface area (Å²) in [5.41, 5.74) is 0.744. The second kappa shape index (κ2) is 10.6. The molecular formula is C14H23BrO2. The van der Waals surface area contributed by atoms with Crippen molar-refractivity contribution in [3.05, 3.63) is 22.2 Å². The number of hydrogen-bond donors (Lipinski definition) is 0. The lowest BCUT2D eigenvalue weighted by atomic mass is 10.1. The monoisotopic (exact) mass is 302 g/mol. The predicted octanol–water partition coefficient (Wildman–Crippen LogP) is 4.75. The fourth-order valence-corrected chi connectivity index (χ4v) is 2.08. The minimum absolute atomic E-state index is 0.228. The van der Waals surface area contributed by atoms with Gasteiger partial charge in [0.1, 0.15) is 0 Å². The van der Waals surface area contributed by atoms with Gasteiger partial charge in [-0.15, -0.1) is 0 Å². The van der Waals surface area contributed by atoms with Gasteiger partial charge in [0.05, 0.1) is 12.7 Å². The normalized spacial score (nSPS) is 12.7. The van der Waals surface area contributed by atoms with Crippen LogP contribution in [0.4, 0.5) is 0 Å². The molecule has 0 aliphatic heterocycles. The summed E-state index contributed by atoms with van der Waals surface area (Å²) in [6.45, 7) is 4.25. The molecule has 0 saturated carbocycles. The number of methoxy groups -OCH3 is 1. The highest BCUT2D eigenvalue weighted by molar-refractivity contribution is 9.11. The summed E-state index contributed by atoms with van der Waals surface area (Å²) >= 11 is 3.51. The maximum Gasteiger partial charge on any atom is 0.334 e. The number of halogens is 1. The van der Waals surface area contributed by atoms with Gasteiger partial charge in [-0.05, 0) is 25.7 Å². The number of esters is 1. The predicted molar refractivity (Wildman–Crippen MR) is 76.2 cm³/mol. The van der Waals surface area contributed by atoms with Crippen LogP contribution in [0.2, 0.25) is 0 Å². The molecule has 0 saturated heterocycles. The number of ether oxygens (including phenoxy) is 1. The van der Waals surface area contributed by atoms with E-state index in [4.69, 9.17) is 4.74 Å². The Hall–Kier alpha value is -0.570. The minimum atomic E-state index is -0.228. The van der Waals surface area contributed by atoms with Gasteiger partial charge in [-0.25, -0.2) is 4.79 Å². The third-order valence-corrected chi connectivity index (χ3v) is 3.36. The lowest BCUT2D eigenvalue weighted by Crippen LogP contribution is -2.06. The van der Waals surface area contributed by atoms with Crippen molar-refractivity contribution < 1.29 is 9.53 Å². The summed E-state index contributed by atoms with van der Waals surface area (Å²) in [5, 5.41) is 0. The van der Waals surface area contributed by atoms with Crippen LogP contribution in [-0.2, 0) is 9.53 Å². The maximum atomic E-state index is 11.6. The second-order valence-electron chi connectivity index (χ2n) is 3.92. The van der Waals surface area contributed by atoms with Gasteiger partial charge >= 0.3 is 5.97 Å². The van der Waals surface area contributed by atoms with Crippen LogP contribution in [-0.4, -0.2) is 13.1 Å². The first-order chi connectivity index (χ1) is 8.17. The van der Waals surface area contributed by atoms with E-state index in [9.17, 15) is 4.79 Å². The third kappa shape index (κ3) is 7.37. The molecule has 0 radical (unpaired) electrons. The van der Waals surface area contributed by atoms with Gasteiger partial charge in [0.2, 0.25) is 0 Å². The average molecular weight is 303 g/mol. The lowest BCUT2D eigenvalue weighted by Gasteiger charge is -2.07. The van der Waals surface area contributed by atoms with Crippen molar-refractivity contribution in [2.24, 2.45) is 0 Å². The van der Waals surface area contributed by atoms with Crippen LogP contribution >= 0.6 is 15.9 Å². The largest absolute Gasteiger partial charge is 0.466 e. The van der Waals surface area contributed by atoms with E-state index >= 15 is 0 Å². The molecular weight excluding hydrogens is 280 g/mol. The van der Waals surface area contributed by atoms with E-state index in [1.807, 2.05) is 6.08 Å². The molecule has 0 bridgehead atoms. The molecule has 2 nitrogen and oxygen atoms in total. The first-order valence-electron chi connectivity index (χ1n) is 6.28. The molecule has 0 aromatic carbocycles. The van der Waals surface area contributed by atoms with Crippen molar-refractivity contribution in [2.45, 2.75) is 52.4 Å². The average Bonchev–Trinajstić information content (AvgIpc) is 2.34. The maximum absolute atomic E-state index is 11.6. The molecule has 0 fully saturated rings. The number of unbranched alkanes of at least 4 members (excludes halogenated alkanes) is 2. The van der Waals surface area contributed by atoms with E-state index in [1.165, 1.54) is 20.0 Å². The van der Waals surface area contributed by atoms with Crippen LogP contribution in [0.25, 0.3) is 0 Å². The molecule has 0 unspecified atom stereocenters. The molecule has 0 amide bonds. The van der Waals surface area contributed by atoms with Crippen LogP contribution in [0.3, 0.4) is 0 Å². The zero-order valence-corrected chi connectivity index (χ0v) is 12.7. The Balaban J connectivity index is 4.56. The van der Waals surface area contributed by atoms with Gasteiger partial charge in [-0.2, -0.15) is 0 Å². The Bertz CT molecular complexity index is 280. The molecule has 98 valence electrons. The molecule has 0 atom stereocenters. The van der Waals surface area contributed by atoms with Gasteiger partial charge in [-0.3, -0.25) is 0 Å². The van der Waals surface area contributed by atoms with Crippen molar-refractivity contribution in [3.8, 4) is 0 Å². The van der Waals surface area contributed by atoms with Crippen LogP contribution in [0.1, 0.15) is 52.4 Å². The Labute approximate surface area is 113 Å². The van der Waals surface area contributed by atoms with Gasteiger partial charge in [0, 0.05) is 4.48 Å². The fourth-order valence-electron chi connectivity index (χ4n) is 1.48. The Morgan fingerprint density at radius 1 is 1.24 bits per heavy atom. The number of carbonyl (C=O) groups is 1. The summed E-state index contributed by atoms with van der Waals surface area (Å²) < 4.78 is 5.79. The molecule has 0 aromatic rings. The third-order valence-electron chi connectivity index (χ3n) is 2.48. The van der Waals surface area contributed by atoms with Gasteiger partial charge < -0.3 is 4.74 Å². The summed E-state index contributed by atoms with van der Waals surface area (Å²) in [4.78, 5) is 11.6. The fraction of sp³-hybridized carbons (Fsp3) is 0.643. The number of rotatable bonds is 8. The zero-order valence-electron chi connectivity index (χ0n) is 11.1. The van der Waals surface area contributed by atoms with Crippen LogP contribution in [0.15, 0.2) is 22.2 Å². The van der Waals surface area contributed by atoms with Crippen LogP contribution in [0.5, 0.6) is 0 Å². The molecule has 0 spiro atoms. The van der Waals surface area contributed by atoms with E-state index in [1.54, 1.807) is 0 Å². The highest BCUT2D eigenvalue weighted by Gasteiger charge is 2.12. The van der Waals surface area contributed by atoms with Crippen molar-refractivity contribution in [3.63, 3.8) is 0 Å². The van der Waals surface area contributed by atoms with E-state index < -0.39 is 0 Å². The highest BCUT2D eigenvalue weighted by atomic mass is 79.9. The van der Waals surface area contributed by atoms with Crippen molar-refractivity contribution in [1.82, 2.24) is 0 Å². The smallest absolute Gasteiger partial charge is 0.334 e. The summed E-state index contributed by atoms with van der Waals surface area (Å²) in [7, 11) is 1.43. The molecule has 17 heavy (non-hydrogen) atoms. The second-order valence-corrected chi connectivity index (χ2v) is 4.87. The minimum Gasteiger partial charge on any atom is -0.466 e. The van der Waals surface area contributed by atoms with E-state index in [0.717, 1.165) is 29.3 Å².